The van der Waals surface area contributed by atoms with E-state index in [1.165, 1.54) is 11.8 Å². The van der Waals surface area contributed by atoms with Crippen LogP contribution in [0.1, 0.15) is 6.92 Å². The Morgan fingerprint density at radius 2 is 1.57 bits per heavy atom. The summed E-state index contributed by atoms with van der Waals surface area (Å²) in [7, 11) is 3.45. The largest absolute Gasteiger partial charge is 0.349 e. The molecule has 0 aliphatic carbocycles. The number of carbonyl (C=O) groups is 1. The van der Waals surface area contributed by atoms with Gasteiger partial charge in [-0.05, 0) is 0 Å². The van der Waals surface area contributed by atoms with E-state index in [0.29, 0.717) is 0 Å². The van der Waals surface area contributed by atoms with Gasteiger partial charge in [-0.15, -0.1) is 0 Å². The van der Waals surface area contributed by atoms with E-state index in [1.807, 2.05) is 0 Å². The van der Waals surface area contributed by atoms with Gasteiger partial charge in [0, 0.05) is 50.6 Å². The smallest absolute Gasteiger partial charge is 0.218 e. The molecular formula is C4H9NNaO. The minimum Gasteiger partial charge on any atom is -0.349 e. The molecule has 0 aromatic heterocycles. The maximum absolute atomic E-state index is 10.1. The van der Waals surface area contributed by atoms with E-state index in [1.54, 1.807) is 14.1 Å². The van der Waals surface area contributed by atoms with Crippen LogP contribution >= 0.6 is 0 Å². The quantitative estimate of drug-likeness (QED) is 0.392. The molecule has 2 nitrogen and oxygen atoms in total. The van der Waals surface area contributed by atoms with Gasteiger partial charge in [0.1, 0.15) is 0 Å². The number of hydrogen-bond donors (Lipinski definition) is 0. The topological polar surface area (TPSA) is 20.3 Å². The molecular weight excluding hydrogens is 101 g/mol. The van der Waals surface area contributed by atoms with Crippen molar-refractivity contribution in [2.24, 2.45) is 0 Å². The van der Waals surface area contributed by atoms with Crippen LogP contribution in [0.5, 0.6) is 0 Å². The SMILES string of the molecule is CC(=O)N(C)C.[Na]. The fraction of sp³-hybridized carbons (Fsp3) is 0.750. The molecule has 0 aliphatic heterocycles. The van der Waals surface area contributed by atoms with Gasteiger partial charge in [0.05, 0.1) is 0 Å². The first-order valence-electron chi connectivity index (χ1n) is 1.82. The van der Waals surface area contributed by atoms with Crippen molar-refractivity contribution in [3.05, 3.63) is 0 Å². The Morgan fingerprint density at radius 1 is 1.43 bits per heavy atom. The molecule has 0 saturated heterocycles. The molecule has 0 aliphatic rings. The number of nitrogens with zero attached hydrogens (tertiary/aromatic N) is 1. The molecule has 0 N–H and O–H groups in total. The van der Waals surface area contributed by atoms with Crippen LogP contribution in [0.25, 0.3) is 0 Å². The summed E-state index contributed by atoms with van der Waals surface area (Å²) < 4.78 is 0. The van der Waals surface area contributed by atoms with E-state index >= 15 is 0 Å². The van der Waals surface area contributed by atoms with E-state index in [9.17, 15) is 4.79 Å². The van der Waals surface area contributed by atoms with Crippen molar-refractivity contribution in [1.82, 2.24) is 4.90 Å². The minimum atomic E-state index is 0. The molecule has 0 unspecified atom stereocenters. The Balaban J connectivity index is 0. The molecule has 1 amide bonds. The van der Waals surface area contributed by atoms with Crippen molar-refractivity contribution in [3.63, 3.8) is 0 Å². The van der Waals surface area contributed by atoms with Gasteiger partial charge in [-0.25, -0.2) is 0 Å². The van der Waals surface area contributed by atoms with Crippen LogP contribution in [0, 0.1) is 0 Å². The molecule has 1 radical (unpaired) electrons. The van der Waals surface area contributed by atoms with Gasteiger partial charge in [-0.2, -0.15) is 0 Å². The zero-order chi connectivity index (χ0) is 5.15. The molecule has 3 heteroatoms. The molecule has 0 rings (SSSR count). The molecule has 0 fully saturated rings. The molecule has 0 spiro atoms. The molecule has 0 aromatic carbocycles. The van der Waals surface area contributed by atoms with E-state index in [4.69, 9.17) is 0 Å². The van der Waals surface area contributed by atoms with E-state index in [0.717, 1.165) is 0 Å². The molecule has 0 aromatic rings. The van der Waals surface area contributed by atoms with Crippen LogP contribution in [0.15, 0.2) is 0 Å². The van der Waals surface area contributed by atoms with Crippen LogP contribution in [0.4, 0.5) is 0 Å². The van der Waals surface area contributed by atoms with Crippen molar-refractivity contribution < 1.29 is 4.79 Å². The minimum absolute atomic E-state index is 0. The van der Waals surface area contributed by atoms with Crippen LogP contribution in [-0.4, -0.2) is 54.5 Å². The van der Waals surface area contributed by atoms with E-state index in [-0.39, 0.29) is 35.5 Å². The zero-order valence-electron chi connectivity index (χ0n) is 5.36. The Bertz CT molecular complexity index is 62.7. The van der Waals surface area contributed by atoms with Crippen LogP contribution < -0.4 is 0 Å². The van der Waals surface area contributed by atoms with Gasteiger partial charge in [0.25, 0.3) is 0 Å². The van der Waals surface area contributed by atoms with Gasteiger partial charge in [0.2, 0.25) is 5.91 Å². The van der Waals surface area contributed by atoms with E-state index in [2.05, 4.69) is 0 Å². The second kappa shape index (κ2) is 4.62. The number of hydrogen-bond acceptors (Lipinski definition) is 1. The molecule has 37 valence electrons. The Hall–Kier alpha value is 0.470. The predicted octanol–water partition coefficient (Wildman–Crippen LogP) is -0.286. The Labute approximate surface area is 66.2 Å². The number of rotatable bonds is 0. The third kappa shape index (κ3) is 6.47. The molecule has 0 heterocycles. The van der Waals surface area contributed by atoms with Gasteiger partial charge >= 0.3 is 0 Å². The first-order chi connectivity index (χ1) is 2.64. The van der Waals surface area contributed by atoms with Gasteiger partial charge in [-0.1, -0.05) is 0 Å². The third-order valence-corrected chi connectivity index (χ3v) is 0.630. The van der Waals surface area contributed by atoms with Crippen LogP contribution in [-0.2, 0) is 4.79 Å². The second-order valence-electron chi connectivity index (χ2n) is 1.41. The van der Waals surface area contributed by atoms with Crippen LogP contribution in [0.3, 0.4) is 0 Å². The summed E-state index contributed by atoms with van der Waals surface area (Å²) >= 11 is 0. The fourth-order valence-corrected chi connectivity index (χ4v) is 0. The average molecular weight is 110 g/mol. The summed E-state index contributed by atoms with van der Waals surface area (Å²) in [4.78, 5) is 11.6. The monoisotopic (exact) mass is 110 g/mol. The maximum atomic E-state index is 10.1. The van der Waals surface area contributed by atoms with Crippen molar-refractivity contribution >= 4 is 35.5 Å². The summed E-state index contributed by atoms with van der Waals surface area (Å²) in [5.41, 5.74) is 0. The number of amides is 1. The number of carbonyl (C=O) groups excluding carboxylic acids is 1. The third-order valence-electron chi connectivity index (χ3n) is 0.630. The predicted molar refractivity (Wildman–Crippen MR) is 30.1 cm³/mol. The van der Waals surface area contributed by atoms with Gasteiger partial charge < -0.3 is 4.90 Å². The average Bonchev–Trinajstić information content (AvgIpc) is 1.36. The van der Waals surface area contributed by atoms with E-state index < -0.39 is 0 Å². The normalized spacial score (nSPS) is 6.71. The first kappa shape index (κ1) is 10.5. The van der Waals surface area contributed by atoms with Crippen molar-refractivity contribution in [3.8, 4) is 0 Å². The molecule has 0 saturated carbocycles. The Kier molecular flexibility index (Phi) is 6.90. The summed E-state index contributed by atoms with van der Waals surface area (Å²) in [6.07, 6.45) is 0. The second-order valence-corrected chi connectivity index (χ2v) is 1.41. The fourth-order valence-electron chi connectivity index (χ4n) is 0. The standard InChI is InChI=1S/C4H9NO.Na/c1-4(6)5(2)3;/h1-3H3;. The summed E-state index contributed by atoms with van der Waals surface area (Å²) in [6, 6.07) is 0. The zero-order valence-corrected chi connectivity index (χ0v) is 7.36. The Morgan fingerprint density at radius 3 is 1.57 bits per heavy atom. The van der Waals surface area contributed by atoms with Gasteiger partial charge in [-0.3, -0.25) is 4.79 Å². The molecule has 7 heavy (non-hydrogen) atoms. The summed E-state index contributed by atoms with van der Waals surface area (Å²) in [5, 5.41) is 0. The van der Waals surface area contributed by atoms with Crippen molar-refractivity contribution in [1.29, 1.82) is 0 Å². The summed E-state index contributed by atoms with van der Waals surface area (Å²) in [6.45, 7) is 1.53. The molecule has 0 bridgehead atoms. The van der Waals surface area contributed by atoms with Gasteiger partial charge in [0.15, 0.2) is 0 Å². The molecule has 0 atom stereocenters. The maximum Gasteiger partial charge on any atom is 0.218 e. The van der Waals surface area contributed by atoms with Crippen molar-refractivity contribution in [2.45, 2.75) is 6.92 Å². The van der Waals surface area contributed by atoms with Crippen LogP contribution in [0.2, 0.25) is 0 Å². The van der Waals surface area contributed by atoms with Crippen molar-refractivity contribution in [2.75, 3.05) is 14.1 Å². The first-order valence-corrected chi connectivity index (χ1v) is 1.82. The summed E-state index contributed by atoms with van der Waals surface area (Å²) in [5.74, 6) is 0.0926.